The van der Waals surface area contributed by atoms with E-state index >= 15 is 0 Å². The van der Waals surface area contributed by atoms with Crippen molar-refractivity contribution in [3.63, 3.8) is 0 Å². The Morgan fingerprint density at radius 2 is 1.63 bits per heavy atom. The molecule has 15 nitrogen and oxygen atoms in total. The molecule has 0 aliphatic carbocycles. The fraction of sp³-hybridized carbons (Fsp3) is 0.571. The highest BCUT2D eigenvalue weighted by atomic mass is 31.2. The smallest absolute Gasteiger partial charge is 0.408 e. The molecule has 0 unspecified atom stereocenters. The van der Waals surface area contributed by atoms with Gasteiger partial charge in [-0.3, -0.25) is 34.1 Å². The molecule has 0 radical (unpaired) electrons. The maximum atomic E-state index is 12.7. The largest absolute Gasteiger partial charge is 0.569 e. The molecular formula is C14H21N6O9P. The van der Waals surface area contributed by atoms with Crippen molar-refractivity contribution in [1.29, 1.82) is 0 Å². The fourth-order valence-corrected chi connectivity index (χ4v) is 4.32. The number of hydrazine groups is 1. The van der Waals surface area contributed by atoms with Gasteiger partial charge in [-0.1, -0.05) is 0 Å². The third kappa shape index (κ3) is 5.60. The Kier molecular flexibility index (Phi) is 8.00. The molecule has 1 aromatic rings. The molecule has 1 aromatic carbocycles. The monoisotopic (exact) mass is 448 g/mol. The highest BCUT2D eigenvalue weighted by Crippen LogP contribution is 2.52. The number of benzene rings is 1. The van der Waals surface area contributed by atoms with Crippen LogP contribution in [0.25, 0.3) is 0 Å². The molecule has 0 saturated carbocycles. The molecule has 2 rings (SSSR count). The Balaban J connectivity index is 2.05. The standard InChI is InChI=1S/C14H21N6O9P/c1-3-27-30(26,28-4-2)17-9-7-16(8-10-17)20(25)15-29-14-6-5-12(18(21)22)11-13(14)19(23)24/h5-6,11H,3-4,7-10H2,1-2H3/b20-15-. The molecule has 1 aliphatic heterocycles. The number of hydrogen-bond acceptors (Lipinski definition) is 10. The van der Waals surface area contributed by atoms with Crippen LogP contribution in [0.3, 0.4) is 0 Å². The van der Waals surface area contributed by atoms with Crippen molar-refractivity contribution in [2.75, 3.05) is 39.4 Å². The number of nitrogens with zero attached hydrogens (tertiary/aromatic N) is 6. The van der Waals surface area contributed by atoms with E-state index < -0.39 is 34.7 Å². The molecule has 30 heavy (non-hydrogen) atoms. The van der Waals surface area contributed by atoms with E-state index in [0.717, 1.165) is 12.1 Å². The minimum absolute atomic E-state index is 0.106. The van der Waals surface area contributed by atoms with Crippen LogP contribution in [-0.2, 0) is 13.6 Å². The fourth-order valence-electron chi connectivity index (χ4n) is 2.60. The van der Waals surface area contributed by atoms with Crippen molar-refractivity contribution >= 4 is 19.1 Å². The van der Waals surface area contributed by atoms with Gasteiger partial charge in [-0.05, 0) is 19.9 Å². The predicted octanol–water partition coefficient (Wildman–Crippen LogP) is 2.47. The van der Waals surface area contributed by atoms with Crippen LogP contribution in [0.15, 0.2) is 23.5 Å². The van der Waals surface area contributed by atoms with Gasteiger partial charge in [-0.2, -0.15) is 0 Å². The second-order valence-corrected chi connectivity index (χ2v) is 7.82. The summed E-state index contributed by atoms with van der Waals surface area (Å²) in [6.45, 7) is 4.37. The van der Waals surface area contributed by atoms with Crippen LogP contribution in [0.2, 0.25) is 0 Å². The molecule has 1 heterocycles. The zero-order valence-electron chi connectivity index (χ0n) is 16.3. The van der Waals surface area contributed by atoms with Gasteiger partial charge in [0, 0.05) is 19.2 Å². The van der Waals surface area contributed by atoms with E-state index in [1.807, 2.05) is 0 Å². The Labute approximate surface area is 170 Å². The summed E-state index contributed by atoms with van der Waals surface area (Å²) in [7, 11) is -3.45. The van der Waals surface area contributed by atoms with Crippen LogP contribution in [0, 0.1) is 25.4 Å². The zero-order valence-corrected chi connectivity index (χ0v) is 17.2. The number of hydrogen-bond donors (Lipinski definition) is 0. The first-order valence-corrected chi connectivity index (χ1v) is 10.4. The maximum absolute atomic E-state index is 12.7. The highest BCUT2D eigenvalue weighted by molar-refractivity contribution is 7.51. The van der Waals surface area contributed by atoms with E-state index in [1.165, 1.54) is 9.68 Å². The predicted molar refractivity (Wildman–Crippen MR) is 100 cm³/mol. The number of nitro groups is 2. The quantitative estimate of drug-likeness (QED) is 0.169. The first-order chi connectivity index (χ1) is 14.2. The third-order valence-electron chi connectivity index (χ3n) is 3.96. The van der Waals surface area contributed by atoms with Crippen LogP contribution in [0.5, 0.6) is 5.75 Å². The lowest BCUT2D eigenvalue weighted by Gasteiger charge is -2.34. The summed E-state index contributed by atoms with van der Waals surface area (Å²) < 4.78 is 24.8. The summed E-state index contributed by atoms with van der Waals surface area (Å²) in [6.07, 6.45) is 0. The van der Waals surface area contributed by atoms with E-state index in [9.17, 15) is 30.0 Å². The van der Waals surface area contributed by atoms with Gasteiger partial charge in [-0.15, -0.1) is 5.01 Å². The minimum Gasteiger partial charge on any atom is -0.569 e. The molecule has 0 spiro atoms. The summed E-state index contributed by atoms with van der Waals surface area (Å²) in [6, 6.07) is 2.68. The van der Waals surface area contributed by atoms with E-state index in [1.54, 1.807) is 13.8 Å². The highest BCUT2D eigenvalue weighted by Gasteiger charge is 2.37. The summed E-state index contributed by atoms with van der Waals surface area (Å²) >= 11 is 0. The number of rotatable bonds is 10. The second kappa shape index (κ2) is 10.2. The lowest BCUT2D eigenvalue weighted by molar-refractivity contribution is -0.708. The van der Waals surface area contributed by atoms with Gasteiger partial charge in [-0.25, -0.2) is 9.24 Å². The average Bonchev–Trinajstić information content (AvgIpc) is 2.72. The first-order valence-electron chi connectivity index (χ1n) is 8.89. The van der Waals surface area contributed by atoms with Gasteiger partial charge in [0.1, 0.15) is 0 Å². The number of non-ortho nitro benzene ring substituents is 1. The zero-order chi connectivity index (χ0) is 22.3. The Morgan fingerprint density at radius 3 is 2.13 bits per heavy atom. The van der Waals surface area contributed by atoms with Crippen molar-refractivity contribution in [2.24, 2.45) is 5.28 Å². The van der Waals surface area contributed by atoms with Crippen LogP contribution in [0.4, 0.5) is 11.4 Å². The maximum Gasteiger partial charge on any atom is 0.408 e. The van der Waals surface area contributed by atoms with E-state index in [4.69, 9.17) is 13.9 Å². The topological polar surface area (TPSA) is 176 Å². The third-order valence-corrected chi connectivity index (χ3v) is 6.23. The molecule has 166 valence electrons. The summed E-state index contributed by atoms with van der Waals surface area (Å²) in [4.78, 5) is 25.1. The average molecular weight is 448 g/mol. The molecule has 16 heteroatoms. The van der Waals surface area contributed by atoms with E-state index in [2.05, 4.69) is 5.28 Å². The van der Waals surface area contributed by atoms with Crippen molar-refractivity contribution in [1.82, 2.24) is 9.68 Å². The first kappa shape index (κ1) is 23.4. The lowest BCUT2D eigenvalue weighted by atomic mass is 10.2. The molecule has 1 saturated heterocycles. The van der Waals surface area contributed by atoms with Crippen LogP contribution >= 0.6 is 7.75 Å². The number of nitro benzene ring substituents is 2. The van der Waals surface area contributed by atoms with E-state index in [-0.39, 0.29) is 44.4 Å². The summed E-state index contributed by atoms with van der Waals surface area (Å²) in [5.74, 6) is -0.428. The van der Waals surface area contributed by atoms with Crippen LogP contribution in [0.1, 0.15) is 13.8 Å². The summed E-state index contributed by atoms with van der Waals surface area (Å²) in [5, 5.41) is 38.5. The SMILES string of the molecule is CCOP(=O)(OCC)N1CCN(/[N+]([O-])=N/Oc2ccc([N+](=O)[O-])cc2[N+](=O)[O-])CC1. The second-order valence-electron chi connectivity index (χ2n) is 5.80. The molecule has 0 aromatic heterocycles. The normalized spacial score (nSPS) is 15.8. The Morgan fingerprint density at radius 1 is 1.03 bits per heavy atom. The molecule has 1 aliphatic rings. The van der Waals surface area contributed by atoms with Crippen molar-refractivity contribution in [3.05, 3.63) is 43.6 Å². The molecule has 0 atom stereocenters. The molecule has 0 bridgehead atoms. The number of piperazine rings is 1. The van der Waals surface area contributed by atoms with Crippen molar-refractivity contribution in [2.45, 2.75) is 13.8 Å². The Bertz CT molecular complexity index is 848. The van der Waals surface area contributed by atoms with Crippen molar-refractivity contribution in [3.8, 4) is 5.75 Å². The molecule has 1 fully saturated rings. The molecule has 0 N–H and O–H groups in total. The van der Waals surface area contributed by atoms with Gasteiger partial charge in [0.2, 0.25) is 11.0 Å². The van der Waals surface area contributed by atoms with Crippen LogP contribution in [-0.4, -0.2) is 63.9 Å². The minimum atomic E-state index is -3.45. The lowest BCUT2D eigenvalue weighted by Crippen LogP contribution is -2.47. The van der Waals surface area contributed by atoms with Gasteiger partial charge >= 0.3 is 13.4 Å². The molecule has 0 amide bonds. The van der Waals surface area contributed by atoms with Gasteiger partial charge < -0.3 is 5.21 Å². The molecular weight excluding hydrogens is 427 g/mol. The Hall–Kier alpha value is -2.87. The van der Waals surface area contributed by atoms with Gasteiger partial charge in [0.15, 0.2) is 0 Å². The summed E-state index contributed by atoms with van der Waals surface area (Å²) in [5.41, 5.74) is -1.21. The van der Waals surface area contributed by atoms with Gasteiger partial charge in [0.25, 0.3) is 5.69 Å². The van der Waals surface area contributed by atoms with Crippen molar-refractivity contribution < 1.29 is 33.3 Å². The van der Waals surface area contributed by atoms with Crippen LogP contribution < -0.4 is 4.84 Å². The van der Waals surface area contributed by atoms with E-state index in [0.29, 0.717) is 6.07 Å². The van der Waals surface area contributed by atoms with Gasteiger partial charge in [0.05, 0.1) is 47.2 Å².